The maximum atomic E-state index is 11.0. The van der Waals surface area contributed by atoms with Crippen molar-refractivity contribution in [3.8, 4) is 0 Å². The molecule has 0 aliphatic heterocycles. The third-order valence-corrected chi connectivity index (χ3v) is 7.61. The van der Waals surface area contributed by atoms with Gasteiger partial charge in [-0.25, -0.2) is 4.57 Å². The van der Waals surface area contributed by atoms with Gasteiger partial charge in [0, 0.05) is 19.8 Å². The average molecular weight is 453 g/mol. The van der Waals surface area contributed by atoms with Crippen molar-refractivity contribution < 1.29 is 28.7 Å². The van der Waals surface area contributed by atoms with Crippen molar-refractivity contribution in [2.75, 3.05) is 26.4 Å². The van der Waals surface area contributed by atoms with Gasteiger partial charge in [0.15, 0.2) is 0 Å². The summed E-state index contributed by atoms with van der Waals surface area (Å²) in [6.45, 7) is 10.6. The summed E-state index contributed by atoms with van der Waals surface area (Å²) in [5, 5.41) is 9.02. The molecule has 0 amide bonds. The SMILES string of the molecule is CCC(CC)(CCCCO)CCCCOCCCCC(CC)(CC)COP(=O)(O)O. The van der Waals surface area contributed by atoms with E-state index in [2.05, 4.69) is 27.7 Å². The monoisotopic (exact) mass is 452 g/mol. The minimum Gasteiger partial charge on any atom is -0.396 e. The van der Waals surface area contributed by atoms with Crippen LogP contribution >= 0.6 is 7.82 Å². The van der Waals surface area contributed by atoms with E-state index in [1.807, 2.05) is 0 Å². The summed E-state index contributed by atoms with van der Waals surface area (Å²) in [6.07, 6.45) is 13.7. The van der Waals surface area contributed by atoms with Gasteiger partial charge in [0.25, 0.3) is 0 Å². The molecule has 0 saturated heterocycles. The number of phosphoric ester groups is 1. The van der Waals surface area contributed by atoms with Crippen LogP contribution in [0.3, 0.4) is 0 Å². The molecule has 0 aliphatic rings. The Labute approximate surface area is 185 Å². The molecule has 6 nitrogen and oxygen atoms in total. The zero-order valence-corrected chi connectivity index (χ0v) is 20.9. The van der Waals surface area contributed by atoms with Gasteiger partial charge in [-0.2, -0.15) is 0 Å². The van der Waals surface area contributed by atoms with Gasteiger partial charge < -0.3 is 19.6 Å². The molecule has 0 bridgehead atoms. The van der Waals surface area contributed by atoms with Crippen LogP contribution in [0.15, 0.2) is 0 Å². The predicted molar refractivity (Wildman–Crippen MR) is 123 cm³/mol. The molecule has 7 heteroatoms. The molecule has 0 aromatic carbocycles. The summed E-state index contributed by atoms with van der Waals surface area (Å²) < 4.78 is 21.6. The van der Waals surface area contributed by atoms with Crippen molar-refractivity contribution in [3.05, 3.63) is 0 Å². The van der Waals surface area contributed by atoms with Crippen LogP contribution in [0, 0.1) is 10.8 Å². The van der Waals surface area contributed by atoms with E-state index in [1.165, 1.54) is 32.1 Å². The van der Waals surface area contributed by atoms with Crippen LogP contribution in [-0.4, -0.2) is 41.3 Å². The third-order valence-electron chi connectivity index (χ3n) is 7.15. The standard InChI is InChI=1S/C23H49O6P/c1-5-22(6-2,15-9-12-18-24)16-10-13-19-28-20-14-11-17-23(7-3,8-4)21-29-30(25,26)27/h24H,5-21H2,1-4H3,(H2,25,26,27). The second-order valence-electron chi connectivity index (χ2n) is 8.89. The molecule has 0 aliphatic carbocycles. The van der Waals surface area contributed by atoms with E-state index in [9.17, 15) is 4.57 Å². The average Bonchev–Trinajstić information content (AvgIpc) is 2.73. The van der Waals surface area contributed by atoms with Crippen molar-refractivity contribution in [2.24, 2.45) is 10.8 Å². The molecule has 0 fully saturated rings. The lowest BCUT2D eigenvalue weighted by Crippen LogP contribution is -2.25. The van der Waals surface area contributed by atoms with E-state index < -0.39 is 7.82 Å². The summed E-state index contributed by atoms with van der Waals surface area (Å²) in [4.78, 5) is 18.0. The van der Waals surface area contributed by atoms with Crippen molar-refractivity contribution in [2.45, 2.75) is 111 Å². The van der Waals surface area contributed by atoms with Crippen LogP contribution in [0.4, 0.5) is 0 Å². The van der Waals surface area contributed by atoms with Gasteiger partial charge >= 0.3 is 7.82 Å². The molecule has 0 heterocycles. The van der Waals surface area contributed by atoms with Crippen LogP contribution in [-0.2, 0) is 13.8 Å². The Morgan fingerprint density at radius 3 is 1.53 bits per heavy atom. The second kappa shape index (κ2) is 16.6. The number of phosphoric acid groups is 1. The highest BCUT2D eigenvalue weighted by Gasteiger charge is 2.29. The van der Waals surface area contributed by atoms with Gasteiger partial charge in [-0.15, -0.1) is 0 Å². The Kier molecular flexibility index (Phi) is 16.7. The minimum absolute atomic E-state index is 0.111. The Hall–Kier alpha value is 0.0300. The summed E-state index contributed by atoms with van der Waals surface area (Å²) in [5.74, 6) is 0. The number of rotatable bonds is 21. The fraction of sp³-hybridized carbons (Fsp3) is 1.00. The summed E-state index contributed by atoms with van der Waals surface area (Å²) in [5.41, 5.74) is 0.259. The van der Waals surface area contributed by atoms with Crippen LogP contribution in [0.1, 0.15) is 111 Å². The highest BCUT2D eigenvalue weighted by molar-refractivity contribution is 7.46. The Balaban J connectivity index is 4.00. The van der Waals surface area contributed by atoms with Crippen molar-refractivity contribution in [1.82, 2.24) is 0 Å². The lowest BCUT2D eigenvalue weighted by atomic mass is 9.74. The maximum Gasteiger partial charge on any atom is 0.469 e. The smallest absolute Gasteiger partial charge is 0.396 e. The molecule has 0 aromatic rings. The lowest BCUT2D eigenvalue weighted by molar-refractivity contribution is 0.0811. The Morgan fingerprint density at radius 1 is 0.700 bits per heavy atom. The molecular formula is C23H49O6P. The van der Waals surface area contributed by atoms with Crippen LogP contribution in [0.5, 0.6) is 0 Å². The van der Waals surface area contributed by atoms with Gasteiger partial charge in [-0.3, -0.25) is 4.52 Å². The Morgan fingerprint density at radius 2 is 1.13 bits per heavy atom. The summed E-state index contributed by atoms with van der Waals surface area (Å²) in [6, 6.07) is 0. The molecular weight excluding hydrogens is 403 g/mol. The first-order valence-corrected chi connectivity index (χ1v) is 13.6. The summed E-state index contributed by atoms with van der Waals surface area (Å²) in [7, 11) is -4.41. The van der Waals surface area contributed by atoms with Gasteiger partial charge in [-0.1, -0.05) is 59.8 Å². The number of ether oxygens (including phenoxy) is 1. The molecule has 0 saturated carbocycles. The first kappa shape index (κ1) is 30.0. The second-order valence-corrected chi connectivity index (χ2v) is 10.1. The molecule has 30 heavy (non-hydrogen) atoms. The molecule has 0 rings (SSSR count). The van der Waals surface area contributed by atoms with E-state index >= 15 is 0 Å². The van der Waals surface area contributed by atoms with Gasteiger partial charge in [-0.05, 0) is 62.2 Å². The van der Waals surface area contributed by atoms with Crippen molar-refractivity contribution in [3.63, 3.8) is 0 Å². The lowest BCUT2D eigenvalue weighted by Gasteiger charge is -2.32. The van der Waals surface area contributed by atoms with Gasteiger partial charge in [0.2, 0.25) is 0 Å². The van der Waals surface area contributed by atoms with E-state index in [0.717, 1.165) is 64.6 Å². The van der Waals surface area contributed by atoms with Crippen molar-refractivity contribution in [1.29, 1.82) is 0 Å². The molecule has 3 N–H and O–H groups in total. The predicted octanol–water partition coefficient (Wildman–Crippen LogP) is 6.23. The fourth-order valence-corrected chi connectivity index (χ4v) is 4.75. The number of hydrogen-bond acceptors (Lipinski definition) is 4. The topological polar surface area (TPSA) is 96.2 Å². The third kappa shape index (κ3) is 13.4. The summed E-state index contributed by atoms with van der Waals surface area (Å²) >= 11 is 0. The molecule has 0 aromatic heterocycles. The van der Waals surface area contributed by atoms with Crippen LogP contribution in [0.25, 0.3) is 0 Å². The number of aliphatic hydroxyl groups excluding tert-OH is 1. The van der Waals surface area contributed by atoms with E-state index in [4.69, 9.17) is 24.2 Å². The first-order chi connectivity index (χ1) is 14.2. The van der Waals surface area contributed by atoms with Crippen molar-refractivity contribution >= 4 is 7.82 Å². The van der Waals surface area contributed by atoms with Gasteiger partial charge in [0.1, 0.15) is 0 Å². The highest BCUT2D eigenvalue weighted by Crippen LogP contribution is 2.42. The van der Waals surface area contributed by atoms with Crippen LogP contribution in [0.2, 0.25) is 0 Å². The molecule has 0 unspecified atom stereocenters. The zero-order chi connectivity index (χ0) is 22.9. The number of aliphatic hydroxyl groups is 1. The van der Waals surface area contributed by atoms with Crippen LogP contribution < -0.4 is 0 Å². The van der Waals surface area contributed by atoms with Gasteiger partial charge in [0.05, 0.1) is 6.61 Å². The number of unbranched alkanes of at least 4 members (excludes halogenated alkanes) is 3. The van der Waals surface area contributed by atoms with E-state index in [0.29, 0.717) is 12.0 Å². The number of hydrogen-bond donors (Lipinski definition) is 3. The molecule has 0 spiro atoms. The fourth-order valence-electron chi connectivity index (χ4n) is 4.31. The highest BCUT2D eigenvalue weighted by atomic mass is 31.2. The molecule has 0 atom stereocenters. The first-order valence-electron chi connectivity index (χ1n) is 12.1. The largest absolute Gasteiger partial charge is 0.469 e. The molecule has 182 valence electrons. The minimum atomic E-state index is -4.41. The zero-order valence-electron chi connectivity index (χ0n) is 20.0. The Bertz CT molecular complexity index is 443. The molecule has 0 radical (unpaired) electrons. The quantitative estimate of drug-likeness (QED) is 0.141. The normalized spacial score (nSPS) is 13.2. The van der Waals surface area contributed by atoms with E-state index in [-0.39, 0.29) is 12.0 Å². The van der Waals surface area contributed by atoms with E-state index in [1.54, 1.807) is 0 Å². The maximum absolute atomic E-state index is 11.0.